The second-order valence-corrected chi connectivity index (χ2v) is 6.68. The van der Waals surface area contributed by atoms with E-state index in [1.54, 1.807) is 4.57 Å². The van der Waals surface area contributed by atoms with Gasteiger partial charge in [-0.2, -0.15) is 9.97 Å². The van der Waals surface area contributed by atoms with E-state index in [1.807, 2.05) is 24.3 Å². The van der Waals surface area contributed by atoms with Crippen LogP contribution in [-0.2, 0) is 6.54 Å². The first kappa shape index (κ1) is 16.7. The number of rotatable bonds is 6. The number of nitrogens with one attached hydrogen (secondary N) is 1. The summed E-state index contributed by atoms with van der Waals surface area (Å²) in [6, 6.07) is 8.16. The fourth-order valence-corrected chi connectivity index (χ4v) is 2.68. The van der Waals surface area contributed by atoms with Gasteiger partial charge in [0.2, 0.25) is 0 Å². The smallest absolute Gasteiger partial charge is 0.328 e. The van der Waals surface area contributed by atoms with Crippen LogP contribution in [0.4, 0.5) is 5.82 Å². The Kier molecular flexibility index (Phi) is 5.03. The summed E-state index contributed by atoms with van der Waals surface area (Å²) in [6.07, 6.45) is 1.92. The summed E-state index contributed by atoms with van der Waals surface area (Å²) in [6.45, 7) is 3.00. The fourth-order valence-electron chi connectivity index (χ4n) is 2.32. The molecule has 0 fully saturated rings. The van der Waals surface area contributed by atoms with E-state index >= 15 is 0 Å². The first-order valence-corrected chi connectivity index (χ1v) is 8.79. The van der Waals surface area contributed by atoms with Crippen LogP contribution in [0.15, 0.2) is 29.1 Å². The zero-order valence-corrected chi connectivity index (χ0v) is 15.4. The SMILES string of the molecule is CCCCOc1nc(N)c2[nH]c(=O)n(Cc3ccc(I)cc3)c2n1. The normalized spacial score (nSPS) is 11.1. The van der Waals surface area contributed by atoms with Crippen LogP contribution in [0.2, 0.25) is 0 Å². The van der Waals surface area contributed by atoms with Gasteiger partial charge in [-0.3, -0.25) is 4.57 Å². The Morgan fingerprint density at radius 2 is 2.04 bits per heavy atom. The molecule has 0 radical (unpaired) electrons. The lowest BCUT2D eigenvalue weighted by Gasteiger charge is -2.07. The number of fused-ring (bicyclic) bond motifs is 1. The second kappa shape index (κ2) is 7.20. The Bertz CT molecular complexity index is 901. The highest BCUT2D eigenvalue weighted by Crippen LogP contribution is 2.19. The third kappa shape index (κ3) is 3.53. The van der Waals surface area contributed by atoms with Crippen LogP contribution < -0.4 is 16.2 Å². The number of aromatic amines is 1. The number of nitrogens with zero attached hydrogens (tertiary/aromatic N) is 3. The van der Waals surface area contributed by atoms with Gasteiger partial charge in [-0.15, -0.1) is 0 Å². The molecule has 2 aromatic heterocycles. The number of nitrogen functional groups attached to an aromatic ring is 1. The summed E-state index contributed by atoms with van der Waals surface area (Å²) >= 11 is 2.24. The Balaban J connectivity index is 1.98. The molecule has 126 valence electrons. The monoisotopic (exact) mass is 439 g/mol. The predicted molar refractivity (Wildman–Crippen MR) is 101 cm³/mol. The lowest BCUT2D eigenvalue weighted by molar-refractivity contribution is 0.286. The number of H-pyrrole nitrogens is 1. The predicted octanol–water partition coefficient (Wildman–Crippen LogP) is 2.53. The van der Waals surface area contributed by atoms with Crippen molar-refractivity contribution in [1.82, 2.24) is 19.5 Å². The summed E-state index contributed by atoms with van der Waals surface area (Å²) in [4.78, 5) is 23.5. The van der Waals surface area contributed by atoms with Crippen molar-refractivity contribution in [2.45, 2.75) is 26.3 Å². The minimum Gasteiger partial charge on any atom is -0.463 e. The Labute approximate surface area is 152 Å². The van der Waals surface area contributed by atoms with Crippen molar-refractivity contribution in [3.8, 4) is 6.01 Å². The fraction of sp³-hybridized carbons (Fsp3) is 0.312. The van der Waals surface area contributed by atoms with Crippen LogP contribution in [0, 0.1) is 3.57 Å². The van der Waals surface area contributed by atoms with Gasteiger partial charge in [0.25, 0.3) is 0 Å². The highest BCUT2D eigenvalue weighted by molar-refractivity contribution is 14.1. The van der Waals surface area contributed by atoms with E-state index in [0.717, 1.165) is 22.0 Å². The topological polar surface area (TPSA) is 98.8 Å². The summed E-state index contributed by atoms with van der Waals surface area (Å²) in [7, 11) is 0. The summed E-state index contributed by atoms with van der Waals surface area (Å²) in [5, 5.41) is 0. The minimum atomic E-state index is -0.268. The maximum atomic E-state index is 12.3. The van der Waals surface area contributed by atoms with E-state index < -0.39 is 0 Å². The van der Waals surface area contributed by atoms with Crippen LogP contribution in [-0.4, -0.2) is 26.1 Å². The zero-order valence-electron chi connectivity index (χ0n) is 13.3. The third-order valence-electron chi connectivity index (χ3n) is 3.61. The summed E-state index contributed by atoms with van der Waals surface area (Å²) in [5.74, 6) is 0.213. The van der Waals surface area contributed by atoms with Crippen molar-refractivity contribution in [2.75, 3.05) is 12.3 Å². The van der Waals surface area contributed by atoms with Crippen LogP contribution in [0.1, 0.15) is 25.3 Å². The van der Waals surface area contributed by atoms with Gasteiger partial charge in [0.1, 0.15) is 5.52 Å². The number of aromatic nitrogens is 4. The first-order chi connectivity index (χ1) is 11.6. The molecule has 8 heteroatoms. The van der Waals surface area contributed by atoms with E-state index in [-0.39, 0.29) is 17.5 Å². The number of benzene rings is 1. The van der Waals surface area contributed by atoms with Gasteiger partial charge in [0.15, 0.2) is 11.5 Å². The molecule has 24 heavy (non-hydrogen) atoms. The number of ether oxygens (including phenoxy) is 1. The molecule has 0 amide bonds. The summed E-state index contributed by atoms with van der Waals surface area (Å²) in [5.41, 5.74) is 7.57. The summed E-state index contributed by atoms with van der Waals surface area (Å²) < 4.78 is 8.22. The van der Waals surface area contributed by atoms with Gasteiger partial charge in [0.05, 0.1) is 13.2 Å². The second-order valence-electron chi connectivity index (χ2n) is 5.43. The number of unbranched alkanes of at least 4 members (excludes halogenated alkanes) is 1. The minimum absolute atomic E-state index is 0.198. The number of anilines is 1. The van der Waals surface area contributed by atoms with Gasteiger partial charge in [0, 0.05) is 3.57 Å². The number of halogens is 1. The molecular weight excluding hydrogens is 421 g/mol. The molecule has 3 N–H and O–H groups in total. The average molecular weight is 439 g/mol. The molecule has 0 unspecified atom stereocenters. The molecule has 0 saturated carbocycles. The van der Waals surface area contributed by atoms with E-state index in [1.165, 1.54) is 0 Å². The number of nitrogens with two attached hydrogens (primary N) is 1. The first-order valence-electron chi connectivity index (χ1n) is 7.71. The molecule has 3 aromatic rings. The molecule has 7 nitrogen and oxygen atoms in total. The van der Waals surface area contributed by atoms with E-state index in [2.05, 4.69) is 44.5 Å². The molecular formula is C16H18IN5O2. The van der Waals surface area contributed by atoms with Crippen LogP contribution >= 0.6 is 22.6 Å². The molecule has 0 atom stereocenters. The number of imidazole rings is 1. The zero-order chi connectivity index (χ0) is 17.1. The van der Waals surface area contributed by atoms with Crippen molar-refractivity contribution in [2.24, 2.45) is 0 Å². The van der Waals surface area contributed by atoms with Crippen molar-refractivity contribution in [3.63, 3.8) is 0 Å². The highest BCUT2D eigenvalue weighted by Gasteiger charge is 2.14. The average Bonchev–Trinajstić information content (AvgIpc) is 2.87. The van der Waals surface area contributed by atoms with Crippen LogP contribution in [0.5, 0.6) is 6.01 Å². The van der Waals surface area contributed by atoms with Crippen LogP contribution in [0.3, 0.4) is 0 Å². The van der Waals surface area contributed by atoms with Gasteiger partial charge in [-0.25, -0.2) is 4.79 Å². The van der Waals surface area contributed by atoms with Crippen molar-refractivity contribution in [1.29, 1.82) is 0 Å². The Morgan fingerprint density at radius 3 is 2.75 bits per heavy atom. The number of hydrogen-bond acceptors (Lipinski definition) is 5. The molecule has 2 heterocycles. The van der Waals surface area contributed by atoms with Crippen molar-refractivity contribution in [3.05, 3.63) is 43.9 Å². The maximum absolute atomic E-state index is 12.3. The van der Waals surface area contributed by atoms with Crippen molar-refractivity contribution < 1.29 is 4.74 Å². The van der Waals surface area contributed by atoms with E-state index in [0.29, 0.717) is 24.3 Å². The molecule has 0 aliphatic heterocycles. The van der Waals surface area contributed by atoms with Gasteiger partial charge < -0.3 is 15.5 Å². The molecule has 3 rings (SSSR count). The maximum Gasteiger partial charge on any atom is 0.328 e. The molecule has 1 aromatic carbocycles. The van der Waals surface area contributed by atoms with Gasteiger partial charge >= 0.3 is 11.7 Å². The molecule has 0 spiro atoms. The lowest BCUT2D eigenvalue weighted by Crippen LogP contribution is -2.17. The van der Waals surface area contributed by atoms with Gasteiger partial charge in [-0.1, -0.05) is 25.5 Å². The molecule has 0 aliphatic rings. The van der Waals surface area contributed by atoms with E-state index in [9.17, 15) is 4.79 Å². The lowest BCUT2D eigenvalue weighted by atomic mass is 10.2. The number of hydrogen-bond donors (Lipinski definition) is 2. The van der Waals surface area contributed by atoms with Crippen molar-refractivity contribution >= 4 is 39.6 Å². The van der Waals surface area contributed by atoms with Crippen LogP contribution in [0.25, 0.3) is 11.2 Å². The third-order valence-corrected chi connectivity index (χ3v) is 4.33. The molecule has 0 aliphatic carbocycles. The largest absolute Gasteiger partial charge is 0.463 e. The standard InChI is InChI=1S/C16H18IN5O2/c1-2-3-8-24-15-20-13(18)12-14(21-15)22(16(23)19-12)9-10-4-6-11(17)7-5-10/h4-7H,2-3,8-9H2,1H3,(H,19,23)(H2,18,20,21). The molecule has 0 bridgehead atoms. The highest BCUT2D eigenvalue weighted by atomic mass is 127. The Hall–Kier alpha value is -2.10. The molecule has 0 saturated heterocycles. The van der Waals surface area contributed by atoms with E-state index in [4.69, 9.17) is 10.5 Å². The Morgan fingerprint density at radius 1 is 1.29 bits per heavy atom. The quantitative estimate of drug-likeness (QED) is 0.455. The van der Waals surface area contributed by atoms with Gasteiger partial charge in [-0.05, 0) is 46.7 Å².